The molecule has 220 valence electrons. The molecule has 7 aromatic rings. The zero-order chi connectivity index (χ0) is 31.1. The van der Waals surface area contributed by atoms with E-state index in [-0.39, 0.29) is 5.41 Å². The number of hydrogen-bond acceptors (Lipinski definition) is 3. The first-order valence-corrected chi connectivity index (χ1v) is 15.8. The van der Waals surface area contributed by atoms with Gasteiger partial charge in [0.25, 0.3) is 0 Å². The van der Waals surface area contributed by atoms with E-state index in [0.717, 1.165) is 16.7 Å². The van der Waals surface area contributed by atoms with Crippen LogP contribution in [0.4, 0.5) is 0 Å². The van der Waals surface area contributed by atoms with Crippen molar-refractivity contribution in [1.82, 2.24) is 15.0 Å². The Morgan fingerprint density at radius 3 is 1.37 bits per heavy atom. The predicted molar refractivity (Wildman–Crippen MR) is 187 cm³/mol. The Kier molecular flexibility index (Phi) is 6.69. The van der Waals surface area contributed by atoms with E-state index in [1.54, 1.807) is 0 Å². The van der Waals surface area contributed by atoms with Gasteiger partial charge in [-0.15, -0.1) is 0 Å². The predicted octanol–water partition coefficient (Wildman–Crippen LogP) is 10.2. The van der Waals surface area contributed by atoms with Gasteiger partial charge in [0, 0.05) is 22.1 Å². The van der Waals surface area contributed by atoms with Gasteiger partial charge >= 0.3 is 0 Å². The molecule has 1 unspecified atom stereocenters. The summed E-state index contributed by atoms with van der Waals surface area (Å²) < 4.78 is 0. The first-order chi connectivity index (χ1) is 22.6. The number of rotatable bonds is 5. The summed E-state index contributed by atoms with van der Waals surface area (Å²) in [5, 5.41) is 0. The zero-order valence-corrected chi connectivity index (χ0v) is 25.9. The van der Waals surface area contributed by atoms with Crippen molar-refractivity contribution in [3.8, 4) is 45.3 Å². The van der Waals surface area contributed by atoms with Crippen molar-refractivity contribution in [2.75, 3.05) is 0 Å². The maximum Gasteiger partial charge on any atom is 0.164 e. The van der Waals surface area contributed by atoms with Gasteiger partial charge in [-0.2, -0.15) is 0 Å². The molecule has 8 rings (SSSR count). The lowest BCUT2D eigenvalue weighted by atomic mass is 9.49. The average Bonchev–Trinajstić information content (AvgIpc) is 3.13. The molecule has 6 aromatic carbocycles. The lowest BCUT2D eigenvalue weighted by Gasteiger charge is -2.53. The lowest BCUT2D eigenvalue weighted by molar-refractivity contribution is 0.353. The Morgan fingerprint density at radius 2 is 0.783 bits per heavy atom. The monoisotopic (exact) mass is 591 g/mol. The molecule has 1 atom stereocenters. The van der Waals surface area contributed by atoms with Crippen LogP contribution in [0.3, 0.4) is 0 Å². The molecule has 0 saturated heterocycles. The van der Waals surface area contributed by atoms with Crippen LogP contribution in [0, 0.1) is 0 Å². The summed E-state index contributed by atoms with van der Waals surface area (Å²) >= 11 is 0. The van der Waals surface area contributed by atoms with Gasteiger partial charge in [-0.05, 0) is 39.4 Å². The van der Waals surface area contributed by atoms with Gasteiger partial charge in [0.1, 0.15) is 0 Å². The first kappa shape index (κ1) is 27.8. The Labute approximate surface area is 270 Å². The molecule has 0 spiro atoms. The van der Waals surface area contributed by atoms with Crippen molar-refractivity contribution in [3.05, 3.63) is 186 Å². The van der Waals surface area contributed by atoms with Crippen LogP contribution < -0.4 is 0 Å². The second kappa shape index (κ2) is 11.0. The fraction of sp³-hybridized carbons (Fsp3) is 0.0930. The minimum absolute atomic E-state index is 0.304. The second-order valence-corrected chi connectivity index (χ2v) is 12.5. The van der Waals surface area contributed by atoms with E-state index in [9.17, 15) is 0 Å². The highest BCUT2D eigenvalue weighted by Crippen LogP contribution is 2.60. The highest BCUT2D eigenvalue weighted by atomic mass is 15.0. The summed E-state index contributed by atoms with van der Waals surface area (Å²) in [5.74, 6) is 1.97. The van der Waals surface area contributed by atoms with Gasteiger partial charge in [-0.1, -0.05) is 172 Å². The number of nitrogens with zero attached hydrogens (tertiary/aromatic N) is 3. The molecule has 3 nitrogen and oxygen atoms in total. The van der Waals surface area contributed by atoms with Gasteiger partial charge in [-0.25, -0.2) is 15.0 Å². The molecule has 0 fully saturated rings. The van der Waals surface area contributed by atoms with Crippen LogP contribution in [0.25, 0.3) is 45.3 Å². The van der Waals surface area contributed by atoms with Gasteiger partial charge in [0.2, 0.25) is 0 Å². The van der Waals surface area contributed by atoms with Crippen LogP contribution in [0.5, 0.6) is 0 Å². The van der Waals surface area contributed by atoms with Crippen molar-refractivity contribution in [1.29, 1.82) is 0 Å². The van der Waals surface area contributed by atoms with Crippen molar-refractivity contribution >= 4 is 0 Å². The third-order valence-electron chi connectivity index (χ3n) is 9.62. The molecule has 46 heavy (non-hydrogen) atoms. The number of aromatic nitrogens is 3. The van der Waals surface area contributed by atoms with Gasteiger partial charge < -0.3 is 0 Å². The summed E-state index contributed by atoms with van der Waals surface area (Å²) in [6.45, 7) is 4.79. The highest BCUT2D eigenvalue weighted by molar-refractivity contribution is 5.82. The zero-order valence-electron chi connectivity index (χ0n) is 25.9. The van der Waals surface area contributed by atoms with Crippen molar-refractivity contribution in [3.63, 3.8) is 0 Å². The smallest absolute Gasteiger partial charge is 0.164 e. The molecule has 0 saturated carbocycles. The third-order valence-corrected chi connectivity index (χ3v) is 9.62. The van der Waals surface area contributed by atoms with Crippen LogP contribution >= 0.6 is 0 Å². The summed E-state index contributed by atoms with van der Waals surface area (Å²) in [7, 11) is 0. The molecule has 0 radical (unpaired) electrons. The maximum atomic E-state index is 5.08. The second-order valence-electron chi connectivity index (χ2n) is 12.5. The molecule has 0 amide bonds. The molecule has 1 aromatic heterocycles. The average molecular weight is 592 g/mol. The topological polar surface area (TPSA) is 38.7 Å². The van der Waals surface area contributed by atoms with E-state index in [1.807, 2.05) is 60.7 Å². The molecular formula is C43H33N3. The minimum atomic E-state index is -0.493. The fourth-order valence-electron chi connectivity index (χ4n) is 7.56. The largest absolute Gasteiger partial charge is 0.208 e. The van der Waals surface area contributed by atoms with E-state index in [1.165, 1.54) is 33.4 Å². The molecule has 1 aliphatic rings. The van der Waals surface area contributed by atoms with E-state index < -0.39 is 5.41 Å². The standard InChI is InChI=1S/C43H33N3/c1-42(2)37-27-14-12-25-35(37)36-26-13-15-28-38(36)43(42,33-22-10-5-11-23-33)34-24-16-21-32(29-34)41-45-39(30-17-6-3-7-18-30)44-40(46-41)31-19-8-4-9-20-31/h3-29H,1-2H3. The van der Waals surface area contributed by atoms with E-state index >= 15 is 0 Å². The SMILES string of the molecule is CC1(C)c2ccccc2-c2ccccc2C1(c1ccccc1)c1cccc(-c2nc(-c3ccccc3)nc(-c3ccccc3)n2)c1. The quantitative estimate of drug-likeness (QED) is 0.200. The first-order valence-electron chi connectivity index (χ1n) is 15.8. The van der Waals surface area contributed by atoms with Gasteiger partial charge in [-0.3, -0.25) is 0 Å². The van der Waals surface area contributed by atoms with Crippen LogP contribution in [-0.4, -0.2) is 15.0 Å². The van der Waals surface area contributed by atoms with Gasteiger partial charge in [0.05, 0.1) is 5.41 Å². The minimum Gasteiger partial charge on any atom is -0.208 e. The molecule has 0 aliphatic heterocycles. The van der Waals surface area contributed by atoms with Gasteiger partial charge in [0.15, 0.2) is 17.5 Å². The molecule has 3 heteroatoms. The number of fused-ring (bicyclic) bond motifs is 3. The molecule has 0 bridgehead atoms. The van der Waals surface area contributed by atoms with E-state index in [4.69, 9.17) is 15.0 Å². The highest BCUT2D eigenvalue weighted by Gasteiger charge is 2.54. The van der Waals surface area contributed by atoms with Crippen molar-refractivity contribution in [2.24, 2.45) is 0 Å². The Hall–Kier alpha value is -5.67. The van der Waals surface area contributed by atoms with Crippen LogP contribution in [0.2, 0.25) is 0 Å². The molecule has 0 N–H and O–H groups in total. The van der Waals surface area contributed by atoms with Crippen LogP contribution in [0.15, 0.2) is 164 Å². The summed E-state index contributed by atoms with van der Waals surface area (Å²) in [6, 6.07) is 57.9. The summed E-state index contributed by atoms with van der Waals surface area (Å²) in [5.41, 5.74) is 9.72. The number of benzene rings is 6. The van der Waals surface area contributed by atoms with Crippen molar-refractivity contribution in [2.45, 2.75) is 24.7 Å². The third kappa shape index (κ3) is 4.31. The molecular weight excluding hydrogens is 558 g/mol. The molecule has 1 aliphatic carbocycles. The Bertz CT molecular complexity index is 2110. The van der Waals surface area contributed by atoms with Crippen molar-refractivity contribution < 1.29 is 0 Å². The van der Waals surface area contributed by atoms with Crippen LogP contribution in [-0.2, 0) is 10.8 Å². The fourth-order valence-corrected chi connectivity index (χ4v) is 7.56. The number of hydrogen-bond donors (Lipinski definition) is 0. The Balaban J connectivity index is 1.40. The molecule has 1 heterocycles. The summed E-state index contributed by atoms with van der Waals surface area (Å²) in [4.78, 5) is 15.1. The summed E-state index contributed by atoms with van der Waals surface area (Å²) in [6.07, 6.45) is 0. The Morgan fingerprint density at radius 1 is 0.370 bits per heavy atom. The normalized spacial score (nSPS) is 16.3. The maximum absolute atomic E-state index is 5.08. The van der Waals surface area contributed by atoms with E-state index in [2.05, 4.69) is 117 Å². The van der Waals surface area contributed by atoms with Crippen LogP contribution in [0.1, 0.15) is 36.1 Å². The van der Waals surface area contributed by atoms with E-state index in [0.29, 0.717) is 17.5 Å². The lowest BCUT2D eigenvalue weighted by Crippen LogP contribution is -2.49.